The zero-order valence-corrected chi connectivity index (χ0v) is 16.2. The standard InChI is InChI=1S/C21H23FN6O/c1-11(29-2)17-12-3-5-13(6-4-12)18(17)27-21-16(22)9-25-20(28-21)15-8-24-19-14(15)7-23-10-26-19/h7-10,12-13,17-18H,1,3-6H2,2H3,(H,23,24,26)(H,25,27,28)/t12?,13?,17-,18-/m0/s1. The van der Waals surface area contributed by atoms with Crippen LogP contribution in [0.25, 0.3) is 22.4 Å². The van der Waals surface area contributed by atoms with Gasteiger partial charge in [-0.2, -0.15) is 0 Å². The van der Waals surface area contributed by atoms with Crippen LogP contribution in [-0.2, 0) is 4.74 Å². The molecule has 3 fully saturated rings. The molecule has 8 heteroatoms. The van der Waals surface area contributed by atoms with Gasteiger partial charge in [0.1, 0.15) is 12.0 Å². The van der Waals surface area contributed by atoms with E-state index in [1.165, 1.54) is 25.4 Å². The van der Waals surface area contributed by atoms with Gasteiger partial charge in [0.05, 0.1) is 19.1 Å². The molecule has 0 unspecified atom stereocenters. The molecule has 2 atom stereocenters. The summed E-state index contributed by atoms with van der Waals surface area (Å²) in [7, 11) is 1.66. The number of rotatable bonds is 5. The van der Waals surface area contributed by atoms with Crippen LogP contribution in [0.5, 0.6) is 0 Å². The predicted molar refractivity (Wildman–Crippen MR) is 107 cm³/mol. The average molecular weight is 394 g/mol. The summed E-state index contributed by atoms with van der Waals surface area (Å²) in [6.45, 7) is 4.12. The molecule has 0 amide bonds. The first-order valence-corrected chi connectivity index (χ1v) is 9.95. The molecule has 2 bridgehead atoms. The van der Waals surface area contributed by atoms with E-state index in [1.54, 1.807) is 19.5 Å². The Morgan fingerprint density at radius 2 is 2.00 bits per heavy atom. The Bertz CT molecular complexity index is 1060. The summed E-state index contributed by atoms with van der Waals surface area (Å²) in [5.74, 6) is 2.07. The van der Waals surface area contributed by atoms with Crippen LogP contribution in [0.3, 0.4) is 0 Å². The zero-order chi connectivity index (χ0) is 20.0. The van der Waals surface area contributed by atoms with Gasteiger partial charge in [-0.3, -0.25) is 0 Å². The average Bonchev–Trinajstić information content (AvgIpc) is 3.20. The van der Waals surface area contributed by atoms with Crippen molar-refractivity contribution in [1.29, 1.82) is 0 Å². The monoisotopic (exact) mass is 394 g/mol. The molecule has 0 spiro atoms. The molecule has 0 radical (unpaired) electrons. The van der Waals surface area contributed by atoms with E-state index in [0.29, 0.717) is 23.3 Å². The highest BCUT2D eigenvalue weighted by atomic mass is 19.1. The molecular weight excluding hydrogens is 371 g/mol. The Balaban J connectivity index is 1.50. The third-order valence-corrected chi connectivity index (χ3v) is 6.50. The Morgan fingerprint density at radius 1 is 1.21 bits per heavy atom. The molecule has 2 N–H and O–H groups in total. The van der Waals surface area contributed by atoms with E-state index in [9.17, 15) is 4.39 Å². The van der Waals surface area contributed by atoms with Gasteiger partial charge in [0.15, 0.2) is 17.5 Å². The van der Waals surface area contributed by atoms with Gasteiger partial charge in [-0.05, 0) is 37.5 Å². The van der Waals surface area contributed by atoms with E-state index in [0.717, 1.165) is 29.6 Å². The highest BCUT2D eigenvalue weighted by Crippen LogP contribution is 2.48. The lowest BCUT2D eigenvalue weighted by atomic mass is 9.61. The normalized spacial score (nSPS) is 25.9. The molecule has 0 aliphatic heterocycles. The van der Waals surface area contributed by atoms with Gasteiger partial charge in [0.2, 0.25) is 0 Å². The van der Waals surface area contributed by atoms with Crippen LogP contribution in [0, 0.1) is 23.6 Å². The molecule has 3 aromatic heterocycles. The maximum atomic E-state index is 14.7. The highest BCUT2D eigenvalue weighted by molar-refractivity contribution is 5.90. The lowest BCUT2D eigenvalue weighted by Gasteiger charge is -2.49. The first-order chi connectivity index (χ1) is 14.2. The minimum absolute atomic E-state index is 0.0542. The fourth-order valence-corrected chi connectivity index (χ4v) is 5.06. The third-order valence-electron chi connectivity index (χ3n) is 6.50. The Labute approximate surface area is 167 Å². The van der Waals surface area contributed by atoms with Crippen molar-refractivity contribution >= 4 is 16.9 Å². The van der Waals surface area contributed by atoms with Gasteiger partial charge in [-0.25, -0.2) is 24.3 Å². The quantitative estimate of drug-likeness (QED) is 0.638. The van der Waals surface area contributed by atoms with Crippen LogP contribution in [0.2, 0.25) is 0 Å². The van der Waals surface area contributed by atoms with Crippen molar-refractivity contribution in [2.24, 2.45) is 17.8 Å². The number of aromatic amines is 1. The summed E-state index contributed by atoms with van der Waals surface area (Å²) in [6, 6.07) is 0.0542. The van der Waals surface area contributed by atoms with Crippen LogP contribution in [0.4, 0.5) is 10.2 Å². The number of aromatic nitrogens is 5. The minimum atomic E-state index is -0.465. The maximum absolute atomic E-state index is 14.7. The van der Waals surface area contributed by atoms with Gasteiger partial charge in [-0.15, -0.1) is 0 Å². The number of ether oxygens (including phenoxy) is 1. The summed E-state index contributed by atoms with van der Waals surface area (Å²) >= 11 is 0. The molecule has 7 nitrogen and oxygen atoms in total. The van der Waals surface area contributed by atoms with Crippen LogP contribution in [0.1, 0.15) is 25.7 Å². The number of nitrogens with zero attached hydrogens (tertiary/aromatic N) is 4. The number of hydrogen-bond acceptors (Lipinski definition) is 6. The molecular formula is C21H23FN6O. The van der Waals surface area contributed by atoms with Gasteiger partial charge in [0, 0.05) is 35.3 Å². The van der Waals surface area contributed by atoms with Gasteiger partial charge < -0.3 is 15.0 Å². The maximum Gasteiger partial charge on any atom is 0.183 e. The molecule has 6 rings (SSSR count). The number of hydrogen-bond donors (Lipinski definition) is 2. The largest absolute Gasteiger partial charge is 0.501 e. The fraction of sp³-hybridized carbons (Fsp3) is 0.429. The van der Waals surface area contributed by atoms with Gasteiger partial charge in [-0.1, -0.05) is 6.58 Å². The molecule has 150 valence electrons. The molecule has 3 aromatic rings. The van der Waals surface area contributed by atoms with E-state index < -0.39 is 5.82 Å². The SMILES string of the molecule is C=C(OC)[C@H]1C2CCC(CC2)[C@@H]1Nc1nc(-c2c[nH]c3ncncc23)ncc1F. The number of H-pyrrole nitrogens is 1. The molecule has 3 heterocycles. The second-order valence-corrected chi connectivity index (χ2v) is 7.92. The van der Waals surface area contributed by atoms with Crippen LogP contribution >= 0.6 is 0 Å². The van der Waals surface area contributed by atoms with Gasteiger partial charge >= 0.3 is 0 Å². The van der Waals surface area contributed by atoms with E-state index in [-0.39, 0.29) is 17.8 Å². The number of nitrogens with one attached hydrogen (secondary N) is 2. The lowest BCUT2D eigenvalue weighted by molar-refractivity contribution is 0.0653. The van der Waals surface area contributed by atoms with Crippen molar-refractivity contribution in [1.82, 2.24) is 24.9 Å². The van der Waals surface area contributed by atoms with Crippen molar-refractivity contribution in [3.63, 3.8) is 0 Å². The Morgan fingerprint density at radius 3 is 2.79 bits per heavy atom. The molecule has 0 aromatic carbocycles. The first kappa shape index (κ1) is 18.0. The highest BCUT2D eigenvalue weighted by Gasteiger charge is 2.45. The Hall–Kier alpha value is -3.03. The topological polar surface area (TPSA) is 88.6 Å². The van der Waals surface area contributed by atoms with Crippen LogP contribution in [-0.4, -0.2) is 38.1 Å². The number of methoxy groups -OCH3 is 1. The summed E-state index contributed by atoms with van der Waals surface area (Å²) in [5.41, 5.74) is 1.44. The summed E-state index contributed by atoms with van der Waals surface area (Å²) in [6.07, 6.45) is 10.8. The molecule has 3 aliphatic rings. The summed E-state index contributed by atoms with van der Waals surface area (Å²) < 4.78 is 20.2. The first-order valence-electron chi connectivity index (χ1n) is 9.95. The lowest BCUT2D eigenvalue weighted by Crippen LogP contribution is -2.49. The Kier molecular flexibility index (Phi) is 4.41. The molecule has 29 heavy (non-hydrogen) atoms. The smallest absolute Gasteiger partial charge is 0.183 e. The molecule has 3 saturated carbocycles. The summed E-state index contributed by atoms with van der Waals surface area (Å²) in [4.78, 5) is 20.1. The van der Waals surface area contributed by atoms with Crippen molar-refractivity contribution in [2.75, 3.05) is 12.4 Å². The van der Waals surface area contributed by atoms with Crippen molar-refractivity contribution in [3.8, 4) is 11.4 Å². The number of halogens is 1. The van der Waals surface area contributed by atoms with Crippen molar-refractivity contribution in [2.45, 2.75) is 31.7 Å². The minimum Gasteiger partial charge on any atom is -0.501 e. The van der Waals surface area contributed by atoms with E-state index in [4.69, 9.17) is 4.74 Å². The van der Waals surface area contributed by atoms with E-state index in [1.807, 2.05) is 0 Å². The summed E-state index contributed by atoms with van der Waals surface area (Å²) in [5, 5.41) is 4.19. The number of anilines is 1. The number of fused-ring (bicyclic) bond motifs is 4. The second kappa shape index (κ2) is 7.09. The third kappa shape index (κ3) is 3.03. The fourth-order valence-electron chi connectivity index (χ4n) is 5.06. The van der Waals surface area contributed by atoms with E-state index >= 15 is 0 Å². The van der Waals surface area contributed by atoms with Crippen LogP contribution < -0.4 is 5.32 Å². The predicted octanol–water partition coefficient (Wildman–Crippen LogP) is 3.93. The van der Waals surface area contributed by atoms with E-state index in [2.05, 4.69) is 36.8 Å². The molecule has 0 saturated heterocycles. The van der Waals surface area contributed by atoms with Crippen molar-refractivity contribution in [3.05, 3.63) is 43.1 Å². The van der Waals surface area contributed by atoms with Crippen LogP contribution in [0.15, 0.2) is 37.3 Å². The van der Waals surface area contributed by atoms with Crippen molar-refractivity contribution < 1.29 is 9.13 Å². The van der Waals surface area contributed by atoms with Gasteiger partial charge in [0.25, 0.3) is 0 Å². The second-order valence-electron chi connectivity index (χ2n) is 7.92. The zero-order valence-electron chi connectivity index (χ0n) is 16.2. The molecule has 3 aliphatic carbocycles.